The van der Waals surface area contributed by atoms with Gasteiger partial charge in [-0.15, -0.1) is 0 Å². The number of nitrogens with one attached hydrogen (secondary N) is 1. The van der Waals surface area contributed by atoms with E-state index in [1.807, 2.05) is 4.90 Å². The molecule has 1 aliphatic carbocycles. The van der Waals surface area contributed by atoms with Crippen LogP contribution in [0.1, 0.15) is 38.5 Å². The van der Waals surface area contributed by atoms with E-state index >= 15 is 0 Å². The van der Waals surface area contributed by atoms with E-state index in [1.54, 1.807) is 0 Å². The summed E-state index contributed by atoms with van der Waals surface area (Å²) in [6, 6.07) is 0.105. The van der Waals surface area contributed by atoms with E-state index in [4.69, 9.17) is 9.84 Å². The van der Waals surface area contributed by atoms with Crippen molar-refractivity contribution in [1.82, 2.24) is 10.2 Å². The second-order valence-corrected chi connectivity index (χ2v) is 5.70. The summed E-state index contributed by atoms with van der Waals surface area (Å²) in [5.41, 5.74) is 0. The highest BCUT2D eigenvalue weighted by molar-refractivity contribution is 5.78. The summed E-state index contributed by atoms with van der Waals surface area (Å²) in [4.78, 5) is 24.8. The van der Waals surface area contributed by atoms with Gasteiger partial charge in [0.1, 0.15) is 0 Å². The number of morpholine rings is 1. The van der Waals surface area contributed by atoms with Gasteiger partial charge in [0.2, 0.25) is 5.91 Å². The molecule has 2 fully saturated rings. The Morgan fingerprint density at radius 2 is 2.00 bits per heavy atom. The molecule has 1 aliphatic heterocycles. The summed E-state index contributed by atoms with van der Waals surface area (Å²) in [5.74, 6) is -0.840. The number of carbonyl (C=O) groups is 2. The Morgan fingerprint density at radius 1 is 1.25 bits per heavy atom. The summed E-state index contributed by atoms with van der Waals surface area (Å²) >= 11 is 0. The van der Waals surface area contributed by atoms with Crippen LogP contribution in [-0.2, 0) is 14.3 Å². The Labute approximate surface area is 119 Å². The van der Waals surface area contributed by atoms with Crippen LogP contribution in [-0.4, -0.2) is 60.3 Å². The van der Waals surface area contributed by atoms with Crippen LogP contribution in [0.15, 0.2) is 0 Å². The van der Waals surface area contributed by atoms with E-state index < -0.39 is 5.97 Å². The number of carboxylic acid groups (broad SMARTS) is 1. The van der Waals surface area contributed by atoms with Crippen molar-refractivity contribution in [2.45, 2.75) is 50.6 Å². The third-order valence-electron chi connectivity index (χ3n) is 4.08. The van der Waals surface area contributed by atoms with Crippen LogP contribution in [0.3, 0.4) is 0 Å². The normalized spacial score (nSPS) is 25.3. The van der Waals surface area contributed by atoms with E-state index in [1.165, 1.54) is 19.3 Å². The SMILES string of the molecule is O=C(O)CC1COCCN1CC(=O)NC1CCCCC1. The standard InChI is InChI=1S/C14H24N2O4/c17-13(15-11-4-2-1-3-5-11)9-16-6-7-20-10-12(16)8-14(18)19/h11-12H,1-10H2,(H,15,17)(H,18,19). The molecule has 1 unspecified atom stereocenters. The topological polar surface area (TPSA) is 78.9 Å². The molecule has 6 nitrogen and oxygen atoms in total. The lowest BCUT2D eigenvalue weighted by Gasteiger charge is -2.34. The van der Waals surface area contributed by atoms with Gasteiger partial charge in [0.05, 0.1) is 26.2 Å². The third kappa shape index (κ3) is 4.76. The van der Waals surface area contributed by atoms with E-state index in [0.717, 1.165) is 12.8 Å². The number of nitrogens with zero attached hydrogens (tertiary/aromatic N) is 1. The van der Waals surface area contributed by atoms with Crippen LogP contribution in [0, 0.1) is 0 Å². The molecule has 2 N–H and O–H groups in total. The van der Waals surface area contributed by atoms with Gasteiger partial charge < -0.3 is 15.2 Å². The average Bonchev–Trinajstić information content (AvgIpc) is 2.41. The maximum atomic E-state index is 12.1. The fourth-order valence-electron chi connectivity index (χ4n) is 2.99. The van der Waals surface area contributed by atoms with Crippen LogP contribution in [0.4, 0.5) is 0 Å². The minimum atomic E-state index is -0.849. The first-order chi connectivity index (χ1) is 9.65. The van der Waals surface area contributed by atoms with Crippen molar-refractivity contribution in [2.75, 3.05) is 26.3 Å². The average molecular weight is 284 g/mol. The molecule has 1 heterocycles. The van der Waals surface area contributed by atoms with Crippen molar-refractivity contribution in [3.63, 3.8) is 0 Å². The first-order valence-corrected chi connectivity index (χ1v) is 7.48. The van der Waals surface area contributed by atoms with E-state index in [0.29, 0.717) is 25.8 Å². The maximum Gasteiger partial charge on any atom is 0.305 e. The molecule has 0 radical (unpaired) electrons. The number of rotatable bonds is 5. The van der Waals surface area contributed by atoms with Crippen LogP contribution < -0.4 is 5.32 Å². The van der Waals surface area contributed by atoms with Crippen LogP contribution in [0.25, 0.3) is 0 Å². The van der Waals surface area contributed by atoms with Crippen molar-refractivity contribution < 1.29 is 19.4 Å². The second kappa shape index (κ2) is 7.59. The van der Waals surface area contributed by atoms with E-state index in [9.17, 15) is 9.59 Å². The number of carboxylic acids is 1. The van der Waals surface area contributed by atoms with Gasteiger partial charge in [0.25, 0.3) is 0 Å². The number of amides is 1. The van der Waals surface area contributed by atoms with Crippen molar-refractivity contribution in [3.05, 3.63) is 0 Å². The molecule has 2 aliphatic rings. The lowest BCUT2D eigenvalue weighted by atomic mass is 9.95. The molecule has 2 rings (SSSR count). The largest absolute Gasteiger partial charge is 0.481 e. The number of carbonyl (C=O) groups excluding carboxylic acids is 1. The minimum absolute atomic E-state index is 0.00851. The highest BCUT2D eigenvalue weighted by atomic mass is 16.5. The monoisotopic (exact) mass is 284 g/mol. The first kappa shape index (κ1) is 15.3. The molecule has 1 amide bonds. The van der Waals surface area contributed by atoms with Crippen molar-refractivity contribution in [3.8, 4) is 0 Å². The Kier molecular flexibility index (Phi) is 5.79. The lowest BCUT2D eigenvalue weighted by molar-refractivity contribution is -0.141. The Hall–Kier alpha value is -1.14. The van der Waals surface area contributed by atoms with Gasteiger partial charge in [-0.05, 0) is 12.8 Å². The zero-order chi connectivity index (χ0) is 14.4. The summed E-state index contributed by atoms with van der Waals surface area (Å²) in [6.45, 7) is 1.85. The maximum absolute atomic E-state index is 12.1. The van der Waals surface area contributed by atoms with Gasteiger partial charge in [-0.1, -0.05) is 19.3 Å². The molecule has 6 heteroatoms. The van der Waals surface area contributed by atoms with Gasteiger partial charge in [-0.2, -0.15) is 0 Å². The predicted octanol–water partition coefficient (Wildman–Crippen LogP) is 0.611. The second-order valence-electron chi connectivity index (χ2n) is 5.70. The van der Waals surface area contributed by atoms with Crippen molar-refractivity contribution in [1.29, 1.82) is 0 Å². The molecule has 1 saturated heterocycles. The molecule has 0 aromatic rings. The number of ether oxygens (including phenoxy) is 1. The number of hydrogen-bond donors (Lipinski definition) is 2. The molecule has 1 atom stereocenters. The zero-order valence-corrected chi connectivity index (χ0v) is 11.8. The van der Waals surface area contributed by atoms with E-state index in [-0.39, 0.29) is 24.9 Å². The third-order valence-corrected chi connectivity index (χ3v) is 4.08. The molecular formula is C14H24N2O4. The summed E-state index contributed by atoms with van der Waals surface area (Å²) in [5, 5.41) is 12.0. The van der Waals surface area contributed by atoms with Crippen LogP contribution >= 0.6 is 0 Å². The lowest BCUT2D eigenvalue weighted by Crippen LogP contribution is -2.51. The quantitative estimate of drug-likeness (QED) is 0.773. The molecule has 0 aromatic carbocycles. The molecule has 114 valence electrons. The minimum Gasteiger partial charge on any atom is -0.481 e. The fraction of sp³-hybridized carbons (Fsp3) is 0.857. The van der Waals surface area contributed by atoms with Gasteiger partial charge in [-0.25, -0.2) is 0 Å². The van der Waals surface area contributed by atoms with Crippen molar-refractivity contribution >= 4 is 11.9 Å². The molecule has 1 saturated carbocycles. The van der Waals surface area contributed by atoms with Crippen LogP contribution in [0.2, 0.25) is 0 Å². The predicted molar refractivity (Wildman–Crippen MR) is 73.4 cm³/mol. The Morgan fingerprint density at radius 3 is 2.70 bits per heavy atom. The molecule has 20 heavy (non-hydrogen) atoms. The summed E-state index contributed by atoms with van der Waals surface area (Å²) < 4.78 is 5.31. The van der Waals surface area contributed by atoms with Crippen molar-refractivity contribution in [2.24, 2.45) is 0 Å². The molecule has 0 spiro atoms. The fourth-order valence-corrected chi connectivity index (χ4v) is 2.99. The number of hydrogen-bond acceptors (Lipinski definition) is 4. The first-order valence-electron chi connectivity index (χ1n) is 7.48. The molecule has 0 aromatic heterocycles. The summed E-state index contributed by atoms with van der Waals surface area (Å²) in [7, 11) is 0. The Bertz CT molecular complexity index is 342. The smallest absolute Gasteiger partial charge is 0.305 e. The number of aliphatic carboxylic acids is 1. The van der Waals surface area contributed by atoms with Gasteiger partial charge in [-0.3, -0.25) is 14.5 Å². The van der Waals surface area contributed by atoms with Gasteiger partial charge in [0.15, 0.2) is 0 Å². The van der Waals surface area contributed by atoms with Gasteiger partial charge in [0, 0.05) is 18.6 Å². The van der Waals surface area contributed by atoms with E-state index in [2.05, 4.69) is 5.32 Å². The Balaban J connectivity index is 1.79. The van der Waals surface area contributed by atoms with Gasteiger partial charge >= 0.3 is 5.97 Å². The highest BCUT2D eigenvalue weighted by Crippen LogP contribution is 2.17. The highest BCUT2D eigenvalue weighted by Gasteiger charge is 2.27. The molecule has 0 bridgehead atoms. The van der Waals surface area contributed by atoms with Crippen LogP contribution in [0.5, 0.6) is 0 Å². The zero-order valence-electron chi connectivity index (χ0n) is 11.8. The summed E-state index contributed by atoms with van der Waals surface area (Å²) in [6.07, 6.45) is 5.78. The molecular weight excluding hydrogens is 260 g/mol.